The normalized spacial score (nSPS) is 11.1. The molecule has 2 amide bonds. The van der Waals surface area contributed by atoms with E-state index >= 15 is 0 Å². The number of para-hydroxylation sites is 1. The van der Waals surface area contributed by atoms with Crippen LogP contribution in [0.2, 0.25) is 5.02 Å². The minimum Gasteiger partial charge on any atom is -0.364 e. The Morgan fingerprint density at radius 3 is 2.12 bits per heavy atom. The van der Waals surface area contributed by atoms with Crippen molar-refractivity contribution >= 4 is 50.9 Å². The molecule has 0 atom stereocenters. The SMILES string of the molecule is NC(=O)c1cc(-c2ccc(F)cc2)c2ccc(NC(=O)c3cc(-c4ccc(F)cc4Cl)c4ccccc4n3)cc2n1. The summed E-state index contributed by atoms with van der Waals surface area (Å²) >= 11 is 6.36. The second-order valence-corrected chi connectivity index (χ2v) is 9.72. The molecule has 0 aliphatic carbocycles. The Morgan fingerprint density at radius 1 is 0.683 bits per heavy atom. The Morgan fingerprint density at radius 2 is 1.37 bits per heavy atom. The number of halogens is 3. The number of nitrogens with one attached hydrogen (secondary N) is 1. The average molecular weight is 565 g/mol. The average Bonchev–Trinajstić information content (AvgIpc) is 2.96. The lowest BCUT2D eigenvalue weighted by Gasteiger charge is -2.13. The van der Waals surface area contributed by atoms with E-state index in [9.17, 15) is 18.4 Å². The van der Waals surface area contributed by atoms with E-state index in [-0.39, 0.29) is 22.2 Å². The first-order valence-corrected chi connectivity index (χ1v) is 12.8. The summed E-state index contributed by atoms with van der Waals surface area (Å²) in [4.78, 5) is 34.3. The van der Waals surface area contributed by atoms with Gasteiger partial charge in [-0.2, -0.15) is 0 Å². The minimum atomic E-state index is -0.725. The van der Waals surface area contributed by atoms with Crippen molar-refractivity contribution in [2.75, 3.05) is 5.32 Å². The van der Waals surface area contributed by atoms with Crippen LogP contribution in [-0.4, -0.2) is 21.8 Å². The standard InChI is InChI=1S/C32H19ClF2N4O2/c33-26-13-19(35)9-11-21(26)25-16-30(38-27-4-2-1-3-22(25)27)32(41)37-20-10-12-23-24(17-5-7-18(34)8-6-17)15-29(31(36)40)39-28(23)14-20/h1-16H,(H2,36,40)(H,37,41). The summed E-state index contributed by atoms with van der Waals surface area (Å²) in [5, 5.41) is 4.46. The van der Waals surface area contributed by atoms with Crippen molar-refractivity contribution < 1.29 is 18.4 Å². The number of benzene rings is 4. The number of hydrogen-bond acceptors (Lipinski definition) is 4. The van der Waals surface area contributed by atoms with E-state index in [4.69, 9.17) is 17.3 Å². The van der Waals surface area contributed by atoms with E-state index in [1.807, 2.05) is 12.1 Å². The van der Waals surface area contributed by atoms with Crippen molar-refractivity contribution in [2.24, 2.45) is 5.73 Å². The summed E-state index contributed by atoms with van der Waals surface area (Å²) in [6, 6.07) is 25.4. The van der Waals surface area contributed by atoms with Crippen molar-refractivity contribution in [1.29, 1.82) is 0 Å². The number of anilines is 1. The lowest BCUT2D eigenvalue weighted by Crippen LogP contribution is -2.15. The summed E-state index contributed by atoms with van der Waals surface area (Å²) in [7, 11) is 0. The summed E-state index contributed by atoms with van der Waals surface area (Å²) in [5.41, 5.74) is 9.53. The highest BCUT2D eigenvalue weighted by molar-refractivity contribution is 6.33. The topological polar surface area (TPSA) is 98.0 Å². The van der Waals surface area contributed by atoms with Gasteiger partial charge in [0.25, 0.3) is 11.8 Å². The molecule has 6 nitrogen and oxygen atoms in total. The highest BCUT2D eigenvalue weighted by atomic mass is 35.5. The number of fused-ring (bicyclic) bond motifs is 2. The molecule has 200 valence electrons. The van der Waals surface area contributed by atoms with Crippen molar-refractivity contribution in [2.45, 2.75) is 0 Å². The number of rotatable bonds is 5. The molecule has 3 N–H and O–H groups in total. The molecule has 0 saturated carbocycles. The van der Waals surface area contributed by atoms with Gasteiger partial charge in [-0.15, -0.1) is 0 Å². The van der Waals surface area contributed by atoms with Gasteiger partial charge in [0, 0.05) is 22.0 Å². The summed E-state index contributed by atoms with van der Waals surface area (Å²) in [6.07, 6.45) is 0. The Bertz CT molecular complexity index is 2010. The fraction of sp³-hybridized carbons (Fsp3) is 0. The van der Waals surface area contributed by atoms with Crippen LogP contribution in [0.4, 0.5) is 14.5 Å². The fourth-order valence-corrected chi connectivity index (χ4v) is 4.99. The largest absolute Gasteiger partial charge is 0.364 e. The zero-order chi connectivity index (χ0) is 28.7. The molecule has 4 aromatic carbocycles. The minimum absolute atomic E-state index is 0.0253. The molecule has 0 spiro atoms. The highest BCUT2D eigenvalue weighted by Crippen LogP contribution is 2.35. The second kappa shape index (κ2) is 10.4. The van der Waals surface area contributed by atoms with Crippen molar-refractivity contribution in [3.8, 4) is 22.3 Å². The molecule has 0 saturated heterocycles. The van der Waals surface area contributed by atoms with Gasteiger partial charge in [0.2, 0.25) is 0 Å². The first-order chi connectivity index (χ1) is 19.8. The summed E-state index contributed by atoms with van der Waals surface area (Å²) < 4.78 is 27.3. The zero-order valence-electron chi connectivity index (χ0n) is 21.2. The van der Waals surface area contributed by atoms with Crippen molar-refractivity contribution in [1.82, 2.24) is 9.97 Å². The molecule has 0 aliphatic rings. The predicted molar refractivity (Wildman–Crippen MR) is 156 cm³/mol. The number of nitrogens with zero attached hydrogens (tertiary/aromatic N) is 2. The number of pyridine rings is 2. The summed E-state index contributed by atoms with van der Waals surface area (Å²) in [5.74, 6) is -2.09. The second-order valence-electron chi connectivity index (χ2n) is 9.31. The summed E-state index contributed by atoms with van der Waals surface area (Å²) in [6.45, 7) is 0. The third kappa shape index (κ3) is 5.08. The molecule has 2 heterocycles. The number of carbonyl (C=O) groups is 2. The lowest BCUT2D eigenvalue weighted by molar-refractivity contribution is 0.0993. The van der Waals surface area contributed by atoms with E-state index in [0.29, 0.717) is 44.4 Å². The van der Waals surface area contributed by atoms with Gasteiger partial charge >= 0.3 is 0 Å². The predicted octanol–water partition coefficient (Wildman–Crippen LogP) is 7.40. The van der Waals surface area contributed by atoms with Crippen molar-refractivity contribution in [3.05, 3.63) is 125 Å². The molecule has 41 heavy (non-hydrogen) atoms. The van der Waals surface area contributed by atoms with E-state index in [2.05, 4.69) is 15.3 Å². The van der Waals surface area contributed by atoms with Crippen LogP contribution in [0.1, 0.15) is 21.0 Å². The number of hydrogen-bond donors (Lipinski definition) is 2. The number of carbonyl (C=O) groups excluding carboxylic acids is 2. The maximum absolute atomic E-state index is 13.7. The number of nitrogens with two attached hydrogens (primary N) is 1. The van der Waals surface area contributed by atoms with Gasteiger partial charge in [-0.25, -0.2) is 18.7 Å². The van der Waals surface area contributed by atoms with E-state index in [1.165, 1.54) is 24.3 Å². The maximum atomic E-state index is 13.7. The Labute approximate surface area is 237 Å². The monoisotopic (exact) mass is 564 g/mol. The van der Waals surface area contributed by atoms with Gasteiger partial charge in [-0.05, 0) is 77.4 Å². The lowest BCUT2D eigenvalue weighted by atomic mass is 9.99. The number of amides is 2. The van der Waals surface area contributed by atoms with Crippen LogP contribution >= 0.6 is 11.6 Å². The first-order valence-electron chi connectivity index (χ1n) is 12.4. The Kier molecular flexibility index (Phi) is 6.61. The molecule has 6 rings (SSSR count). The van der Waals surface area contributed by atoms with Crippen LogP contribution in [0.15, 0.2) is 97.1 Å². The molecule has 0 aliphatic heterocycles. The van der Waals surface area contributed by atoms with Crippen molar-refractivity contribution in [3.63, 3.8) is 0 Å². The van der Waals surface area contributed by atoms with E-state index < -0.39 is 17.6 Å². The number of primary amides is 1. The van der Waals surface area contributed by atoms with E-state index in [1.54, 1.807) is 60.7 Å². The molecule has 0 bridgehead atoms. The smallest absolute Gasteiger partial charge is 0.274 e. The maximum Gasteiger partial charge on any atom is 0.274 e. The molecule has 0 unspecified atom stereocenters. The number of aromatic nitrogens is 2. The van der Waals surface area contributed by atoms with E-state index in [0.717, 1.165) is 5.39 Å². The molecular weight excluding hydrogens is 546 g/mol. The van der Waals surface area contributed by atoms with Gasteiger partial charge in [0.15, 0.2) is 0 Å². The van der Waals surface area contributed by atoms with Crippen LogP contribution in [0.5, 0.6) is 0 Å². The quantitative estimate of drug-likeness (QED) is 0.228. The van der Waals surface area contributed by atoms with Gasteiger partial charge in [0.05, 0.1) is 16.1 Å². The molecule has 6 aromatic rings. The van der Waals surface area contributed by atoms with Crippen LogP contribution in [0, 0.1) is 11.6 Å². The van der Waals surface area contributed by atoms with Gasteiger partial charge in [-0.3, -0.25) is 9.59 Å². The fourth-order valence-electron chi connectivity index (χ4n) is 4.72. The first kappa shape index (κ1) is 26.0. The van der Waals surface area contributed by atoms with Crippen LogP contribution < -0.4 is 11.1 Å². The third-order valence-corrected chi connectivity index (χ3v) is 6.96. The van der Waals surface area contributed by atoms with Crippen LogP contribution in [0.3, 0.4) is 0 Å². The van der Waals surface area contributed by atoms with Gasteiger partial charge < -0.3 is 11.1 Å². The van der Waals surface area contributed by atoms with Gasteiger partial charge in [0.1, 0.15) is 23.0 Å². The molecule has 2 aromatic heterocycles. The molecular formula is C32H19ClF2N4O2. The van der Waals surface area contributed by atoms with Crippen LogP contribution in [0.25, 0.3) is 44.1 Å². The zero-order valence-corrected chi connectivity index (χ0v) is 21.9. The molecule has 0 fully saturated rings. The Balaban J connectivity index is 1.41. The van der Waals surface area contributed by atoms with Crippen LogP contribution in [-0.2, 0) is 0 Å². The highest BCUT2D eigenvalue weighted by Gasteiger charge is 2.17. The molecule has 0 radical (unpaired) electrons. The third-order valence-electron chi connectivity index (χ3n) is 6.65. The van der Waals surface area contributed by atoms with Gasteiger partial charge in [-0.1, -0.05) is 48.0 Å². The Hall–Kier alpha value is -5.21. The molecule has 9 heteroatoms.